The summed E-state index contributed by atoms with van der Waals surface area (Å²) in [6.45, 7) is 1.48. The van der Waals surface area contributed by atoms with Gasteiger partial charge < -0.3 is 0 Å². The van der Waals surface area contributed by atoms with Crippen LogP contribution in [0.2, 0.25) is 0 Å². The van der Waals surface area contributed by atoms with E-state index in [0.717, 1.165) is 11.8 Å². The van der Waals surface area contributed by atoms with Gasteiger partial charge in [0, 0.05) is 35.3 Å². The summed E-state index contributed by atoms with van der Waals surface area (Å²) in [5.41, 5.74) is 1.11. The summed E-state index contributed by atoms with van der Waals surface area (Å²) >= 11 is 1.07. The molecular formula is C14H11NO2S. The summed E-state index contributed by atoms with van der Waals surface area (Å²) in [5.74, 6) is -0.0888. The van der Waals surface area contributed by atoms with Gasteiger partial charge in [-0.2, -0.15) is 0 Å². The van der Waals surface area contributed by atoms with Crippen molar-refractivity contribution < 1.29 is 9.59 Å². The van der Waals surface area contributed by atoms with E-state index >= 15 is 0 Å². The molecular weight excluding hydrogens is 246 g/mol. The van der Waals surface area contributed by atoms with Gasteiger partial charge in [-0.05, 0) is 6.07 Å². The molecule has 0 aliphatic rings. The van der Waals surface area contributed by atoms with Crippen molar-refractivity contribution in [3.8, 4) is 0 Å². The van der Waals surface area contributed by atoms with Crippen LogP contribution in [0.3, 0.4) is 0 Å². The zero-order valence-corrected chi connectivity index (χ0v) is 10.6. The van der Waals surface area contributed by atoms with Crippen LogP contribution in [0.4, 0.5) is 0 Å². The number of ketones is 1. The van der Waals surface area contributed by atoms with Crippen LogP contribution in [-0.4, -0.2) is 15.9 Å². The van der Waals surface area contributed by atoms with Gasteiger partial charge in [-0.3, -0.25) is 14.6 Å². The van der Waals surface area contributed by atoms with Crippen LogP contribution in [0.25, 0.3) is 0 Å². The van der Waals surface area contributed by atoms with Crippen molar-refractivity contribution in [1.82, 2.24) is 4.98 Å². The second-order valence-electron chi connectivity index (χ2n) is 3.70. The van der Waals surface area contributed by atoms with Gasteiger partial charge in [0.05, 0.1) is 0 Å². The molecule has 0 spiro atoms. The molecule has 0 N–H and O–H groups in total. The summed E-state index contributed by atoms with van der Waals surface area (Å²) in [5, 5.41) is -0.0267. The number of rotatable bonds is 3. The van der Waals surface area contributed by atoms with Crippen molar-refractivity contribution in [2.45, 2.75) is 11.8 Å². The Hall–Kier alpha value is -1.94. The highest BCUT2D eigenvalue weighted by molar-refractivity contribution is 8.13. The van der Waals surface area contributed by atoms with Crippen molar-refractivity contribution in [2.75, 3.05) is 0 Å². The van der Waals surface area contributed by atoms with Crippen molar-refractivity contribution in [3.63, 3.8) is 0 Å². The lowest BCUT2D eigenvalue weighted by Gasteiger charge is -2.02. The minimum atomic E-state index is -0.0888. The fraction of sp³-hybridized carbons (Fsp3) is 0.0714. The molecule has 4 heteroatoms. The number of carbonyl (C=O) groups excluding carboxylic acids is 2. The Morgan fingerprint density at radius 1 is 1.06 bits per heavy atom. The summed E-state index contributed by atoms with van der Waals surface area (Å²) in [4.78, 5) is 27.8. The van der Waals surface area contributed by atoms with Crippen LogP contribution in [-0.2, 0) is 4.79 Å². The maximum atomic E-state index is 12.2. The van der Waals surface area contributed by atoms with Gasteiger partial charge in [0.15, 0.2) is 10.9 Å². The molecule has 1 aromatic heterocycles. The number of thioether (sulfide) groups is 1. The van der Waals surface area contributed by atoms with E-state index in [1.54, 1.807) is 24.4 Å². The monoisotopic (exact) mass is 257 g/mol. The second kappa shape index (κ2) is 5.60. The first-order chi connectivity index (χ1) is 8.66. The molecule has 0 radical (unpaired) electrons. The van der Waals surface area contributed by atoms with Crippen LogP contribution >= 0.6 is 11.8 Å². The summed E-state index contributed by atoms with van der Waals surface area (Å²) in [7, 11) is 0. The van der Waals surface area contributed by atoms with Gasteiger partial charge in [0.2, 0.25) is 0 Å². The minimum Gasteiger partial charge on any atom is -0.289 e. The zero-order chi connectivity index (χ0) is 13.0. The molecule has 90 valence electrons. The maximum Gasteiger partial charge on any atom is 0.194 e. The van der Waals surface area contributed by atoms with Gasteiger partial charge in [-0.1, -0.05) is 42.1 Å². The summed E-state index contributed by atoms with van der Waals surface area (Å²) in [6.07, 6.45) is 3.09. The maximum absolute atomic E-state index is 12.2. The molecule has 1 heterocycles. The summed E-state index contributed by atoms with van der Waals surface area (Å²) < 4.78 is 0. The Balaban J connectivity index is 2.29. The topological polar surface area (TPSA) is 47.0 Å². The Morgan fingerprint density at radius 3 is 2.44 bits per heavy atom. The van der Waals surface area contributed by atoms with Crippen molar-refractivity contribution in [1.29, 1.82) is 0 Å². The second-order valence-corrected chi connectivity index (χ2v) is 4.95. The first-order valence-electron chi connectivity index (χ1n) is 5.40. The van der Waals surface area contributed by atoms with E-state index in [4.69, 9.17) is 0 Å². The van der Waals surface area contributed by atoms with Gasteiger partial charge >= 0.3 is 0 Å². The highest BCUT2D eigenvalue weighted by Crippen LogP contribution is 2.19. The number of benzene rings is 1. The normalized spacial score (nSPS) is 10.1. The molecule has 0 unspecified atom stereocenters. The smallest absolute Gasteiger partial charge is 0.194 e. The SMILES string of the molecule is CC(=O)Sc1cncc(C(=O)c2ccccc2)c1. The third kappa shape index (κ3) is 3.05. The number of hydrogen-bond acceptors (Lipinski definition) is 4. The van der Waals surface area contributed by atoms with Crippen molar-refractivity contribution in [3.05, 3.63) is 59.9 Å². The van der Waals surface area contributed by atoms with Crippen LogP contribution in [0.15, 0.2) is 53.7 Å². The molecule has 18 heavy (non-hydrogen) atoms. The molecule has 3 nitrogen and oxygen atoms in total. The van der Waals surface area contributed by atoms with E-state index in [0.29, 0.717) is 16.0 Å². The number of nitrogens with zero attached hydrogens (tertiary/aromatic N) is 1. The Labute approximate surface area is 109 Å². The zero-order valence-electron chi connectivity index (χ0n) is 9.79. The van der Waals surface area contributed by atoms with Crippen LogP contribution in [0, 0.1) is 0 Å². The molecule has 2 aromatic rings. The molecule has 0 amide bonds. The molecule has 0 bridgehead atoms. The average molecular weight is 257 g/mol. The lowest BCUT2D eigenvalue weighted by Crippen LogP contribution is -2.01. The number of aromatic nitrogens is 1. The van der Waals surface area contributed by atoms with E-state index in [-0.39, 0.29) is 10.9 Å². The van der Waals surface area contributed by atoms with E-state index in [9.17, 15) is 9.59 Å². The highest BCUT2D eigenvalue weighted by atomic mass is 32.2. The molecule has 0 aliphatic heterocycles. The third-order valence-corrected chi connectivity index (χ3v) is 3.02. The number of pyridine rings is 1. The molecule has 0 saturated carbocycles. The van der Waals surface area contributed by atoms with Gasteiger partial charge in [0.25, 0.3) is 0 Å². The van der Waals surface area contributed by atoms with Crippen LogP contribution < -0.4 is 0 Å². The van der Waals surface area contributed by atoms with Crippen molar-refractivity contribution >= 4 is 22.7 Å². The van der Waals surface area contributed by atoms with Crippen LogP contribution in [0.5, 0.6) is 0 Å². The molecule has 2 rings (SSSR count). The molecule has 0 atom stereocenters. The summed E-state index contributed by atoms with van der Waals surface area (Å²) in [6, 6.07) is 10.7. The molecule has 0 fully saturated rings. The average Bonchev–Trinajstić information content (AvgIpc) is 2.38. The minimum absolute atomic E-state index is 0.0267. The van der Waals surface area contributed by atoms with Gasteiger partial charge in [0.1, 0.15) is 0 Å². The largest absolute Gasteiger partial charge is 0.289 e. The Morgan fingerprint density at radius 2 is 1.78 bits per heavy atom. The fourth-order valence-electron chi connectivity index (χ4n) is 1.52. The predicted octanol–water partition coefficient (Wildman–Crippen LogP) is 2.95. The molecule has 0 aliphatic carbocycles. The Bertz CT molecular complexity index is 581. The van der Waals surface area contributed by atoms with E-state index < -0.39 is 0 Å². The van der Waals surface area contributed by atoms with Gasteiger partial charge in [-0.25, -0.2) is 0 Å². The standard InChI is InChI=1S/C14H11NO2S/c1-10(16)18-13-7-12(8-15-9-13)14(17)11-5-3-2-4-6-11/h2-9H,1H3. The first kappa shape index (κ1) is 12.5. The van der Waals surface area contributed by atoms with E-state index in [2.05, 4.69) is 4.98 Å². The lowest BCUT2D eigenvalue weighted by molar-refractivity contribution is -0.109. The highest BCUT2D eigenvalue weighted by Gasteiger charge is 2.10. The first-order valence-corrected chi connectivity index (χ1v) is 6.21. The Kier molecular flexibility index (Phi) is 3.89. The van der Waals surface area contributed by atoms with Crippen molar-refractivity contribution in [2.24, 2.45) is 0 Å². The lowest BCUT2D eigenvalue weighted by atomic mass is 10.1. The fourth-order valence-corrected chi connectivity index (χ4v) is 2.15. The van der Waals surface area contributed by atoms with E-state index in [1.807, 2.05) is 18.2 Å². The van der Waals surface area contributed by atoms with E-state index in [1.165, 1.54) is 13.1 Å². The molecule has 0 saturated heterocycles. The number of carbonyl (C=O) groups is 2. The van der Waals surface area contributed by atoms with Crippen LogP contribution in [0.1, 0.15) is 22.8 Å². The quantitative estimate of drug-likeness (QED) is 0.626. The van der Waals surface area contributed by atoms with Gasteiger partial charge in [-0.15, -0.1) is 0 Å². The predicted molar refractivity (Wildman–Crippen MR) is 70.6 cm³/mol. The number of hydrogen-bond donors (Lipinski definition) is 0. The third-order valence-electron chi connectivity index (χ3n) is 2.27. The molecule has 1 aromatic carbocycles.